The molecule has 0 fully saturated rings. The number of hydrogen-bond acceptors (Lipinski definition) is 6. The second kappa shape index (κ2) is 10.6. The third kappa shape index (κ3) is 6.06. The van der Waals surface area contributed by atoms with Gasteiger partial charge in [0.1, 0.15) is 18.1 Å². The molecule has 0 atom stereocenters. The van der Waals surface area contributed by atoms with E-state index >= 15 is 0 Å². The van der Waals surface area contributed by atoms with Crippen molar-refractivity contribution in [2.45, 2.75) is 6.61 Å². The largest absolute Gasteiger partial charge is 0.507 e. The van der Waals surface area contributed by atoms with Gasteiger partial charge in [-0.15, -0.1) is 0 Å². The van der Waals surface area contributed by atoms with Gasteiger partial charge >= 0.3 is 0 Å². The minimum absolute atomic E-state index is 0.260. The van der Waals surface area contributed by atoms with Crippen LogP contribution in [0.5, 0.6) is 11.5 Å². The van der Waals surface area contributed by atoms with Crippen molar-refractivity contribution in [3.8, 4) is 11.5 Å². The molecule has 0 aliphatic heterocycles. The first-order valence-corrected chi connectivity index (χ1v) is 10.9. The Bertz CT molecular complexity index is 1180. The Morgan fingerprint density at radius 1 is 1.16 bits per heavy atom. The Morgan fingerprint density at radius 2 is 1.81 bits per heavy atom. The molecule has 0 radical (unpaired) electrons. The molecule has 32 heavy (non-hydrogen) atoms. The number of carbonyl (C=O) groups excluding carboxylic acids is 1. The molecule has 0 aliphatic rings. The van der Waals surface area contributed by atoms with Gasteiger partial charge in [-0.25, -0.2) is 5.43 Å². The second-order valence-corrected chi connectivity index (χ2v) is 8.53. The normalized spacial score (nSPS) is 10.8. The number of carbonyl (C=O) groups is 1. The number of amides is 1. The van der Waals surface area contributed by atoms with E-state index in [2.05, 4.69) is 42.4 Å². The molecule has 0 spiro atoms. The average molecular weight is 584 g/mol. The van der Waals surface area contributed by atoms with E-state index in [9.17, 15) is 20.0 Å². The van der Waals surface area contributed by atoms with Gasteiger partial charge in [-0.05, 0) is 73.3 Å². The molecular weight excluding hydrogens is 570 g/mol. The molecule has 8 nitrogen and oxygen atoms in total. The summed E-state index contributed by atoms with van der Waals surface area (Å²) in [5, 5.41) is 25.1. The van der Waals surface area contributed by atoms with E-state index < -0.39 is 16.6 Å². The Balaban J connectivity index is 1.67. The molecule has 0 heterocycles. The van der Waals surface area contributed by atoms with E-state index in [-0.39, 0.29) is 11.3 Å². The minimum atomic E-state index is -0.788. The molecule has 0 saturated carbocycles. The van der Waals surface area contributed by atoms with Crippen LogP contribution < -0.4 is 10.2 Å². The van der Waals surface area contributed by atoms with Gasteiger partial charge < -0.3 is 9.84 Å². The number of hydrogen-bond donors (Lipinski definition) is 2. The van der Waals surface area contributed by atoms with Crippen molar-refractivity contribution >= 4 is 61.3 Å². The first-order valence-electron chi connectivity index (χ1n) is 8.91. The quantitative estimate of drug-likeness (QED) is 0.207. The molecular formula is C21H14Br2ClN3O5. The Kier molecular flexibility index (Phi) is 7.84. The monoisotopic (exact) mass is 581 g/mol. The summed E-state index contributed by atoms with van der Waals surface area (Å²) in [5.74, 6) is -0.595. The summed E-state index contributed by atoms with van der Waals surface area (Å²) in [7, 11) is 0. The predicted octanol–water partition coefficient (Wildman–Crippen LogP) is 5.82. The number of non-ortho nitro benzene ring substituents is 1. The van der Waals surface area contributed by atoms with Crippen LogP contribution in [0.4, 0.5) is 5.69 Å². The lowest BCUT2D eigenvalue weighted by Gasteiger charge is -2.11. The van der Waals surface area contributed by atoms with E-state index in [0.29, 0.717) is 31.9 Å². The summed E-state index contributed by atoms with van der Waals surface area (Å²) in [6, 6.07) is 13.9. The number of nitrogens with one attached hydrogen (secondary N) is 1. The number of hydrazone groups is 1. The number of rotatable bonds is 7. The van der Waals surface area contributed by atoms with E-state index in [1.807, 2.05) is 12.1 Å². The van der Waals surface area contributed by atoms with Crippen molar-refractivity contribution in [3.63, 3.8) is 0 Å². The van der Waals surface area contributed by atoms with E-state index in [1.54, 1.807) is 24.3 Å². The standard InChI is InChI=1S/C21H14Br2ClN3O5/c22-17-7-13(8-18(23)20(17)32-11-12-1-3-14(24)4-2-12)10-25-26-21(29)16-9-15(27(30)31)5-6-19(16)28/h1-10,28H,11H2,(H,26,29)/b25-10+. The summed E-state index contributed by atoms with van der Waals surface area (Å²) in [6.45, 7) is 0.338. The third-order valence-corrected chi connectivity index (χ3v) is 5.56. The third-order valence-electron chi connectivity index (χ3n) is 4.13. The highest BCUT2D eigenvalue weighted by Gasteiger charge is 2.16. The number of phenolic OH excluding ortho intramolecular Hbond substituents is 1. The molecule has 2 N–H and O–H groups in total. The fourth-order valence-electron chi connectivity index (χ4n) is 2.57. The fraction of sp³-hybridized carbons (Fsp3) is 0.0476. The summed E-state index contributed by atoms with van der Waals surface area (Å²) in [6.07, 6.45) is 1.38. The molecule has 0 aliphatic carbocycles. The summed E-state index contributed by atoms with van der Waals surface area (Å²) in [4.78, 5) is 22.4. The van der Waals surface area contributed by atoms with Crippen LogP contribution in [0.2, 0.25) is 5.02 Å². The van der Waals surface area contributed by atoms with Crippen LogP contribution in [0.25, 0.3) is 0 Å². The Labute approximate surface area is 204 Å². The fourth-order valence-corrected chi connectivity index (χ4v) is 4.15. The second-order valence-electron chi connectivity index (χ2n) is 6.39. The highest BCUT2D eigenvalue weighted by atomic mass is 79.9. The molecule has 1 amide bonds. The maximum Gasteiger partial charge on any atom is 0.275 e. The van der Waals surface area contributed by atoms with Crippen LogP contribution in [-0.4, -0.2) is 22.2 Å². The van der Waals surface area contributed by atoms with Crippen LogP contribution >= 0.6 is 43.5 Å². The summed E-state index contributed by atoms with van der Waals surface area (Å²) < 4.78 is 7.17. The molecule has 11 heteroatoms. The number of halogens is 3. The van der Waals surface area contributed by atoms with Gasteiger partial charge in [0, 0.05) is 17.2 Å². The SMILES string of the molecule is O=C(N/N=C/c1cc(Br)c(OCc2ccc(Cl)cc2)c(Br)c1)c1cc([N+](=O)[O-])ccc1O. The van der Waals surface area contributed by atoms with Crippen molar-refractivity contribution in [3.05, 3.63) is 95.4 Å². The highest BCUT2D eigenvalue weighted by Crippen LogP contribution is 2.35. The average Bonchev–Trinajstić information content (AvgIpc) is 2.74. The van der Waals surface area contributed by atoms with E-state index in [0.717, 1.165) is 23.8 Å². The van der Waals surface area contributed by atoms with Gasteiger partial charge in [-0.2, -0.15) is 5.10 Å². The summed E-state index contributed by atoms with van der Waals surface area (Å²) in [5.41, 5.74) is 3.24. The summed E-state index contributed by atoms with van der Waals surface area (Å²) >= 11 is 12.8. The predicted molar refractivity (Wildman–Crippen MR) is 127 cm³/mol. The van der Waals surface area contributed by atoms with Gasteiger partial charge in [0.05, 0.1) is 25.6 Å². The first-order chi connectivity index (χ1) is 15.2. The molecule has 0 aromatic heterocycles. The Hall–Kier alpha value is -2.95. The lowest BCUT2D eigenvalue weighted by Crippen LogP contribution is -2.18. The van der Waals surface area contributed by atoms with Crippen LogP contribution in [0.1, 0.15) is 21.5 Å². The van der Waals surface area contributed by atoms with Crippen LogP contribution in [0, 0.1) is 10.1 Å². The molecule has 164 valence electrons. The van der Waals surface area contributed by atoms with Gasteiger partial charge in [0.2, 0.25) is 0 Å². The van der Waals surface area contributed by atoms with Crippen LogP contribution in [0.3, 0.4) is 0 Å². The number of nitro groups is 1. The molecule has 3 rings (SSSR count). The van der Waals surface area contributed by atoms with Crippen molar-refractivity contribution in [2.75, 3.05) is 0 Å². The van der Waals surface area contributed by atoms with Gasteiger partial charge in [-0.3, -0.25) is 14.9 Å². The van der Waals surface area contributed by atoms with Crippen LogP contribution in [-0.2, 0) is 6.61 Å². The lowest BCUT2D eigenvalue weighted by molar-refractivity contribution is -0.384. The number of nitrogens with zero attached hydrogens (tertiary/aromatic N) is 2. The first kappa shape index (κ1) is 23.7. The highest BCUT2D eigenvalue weighted by molar-refractivity contribution is 9.11. The molecule has 0 unspecified atom stereocenters. The topological polar surface area (TPSA) is 114 Å². The zero-order valence-electron chi connectivity index (χ0n) is 16.1. The zero-order chi connectivity index (χ0) is 23.3. The maximum atomic E-state index is 12.2. The van der Waals surface area contributed by atoms with Gasteiger partial charge in [0.15, 0.2) is 0 Å². The maximum absolute atomic E-state index is 12.2. The van der Waals surface area contributed by atoms with Crippen molar-refractivity contribution in [2.24, 2.45) is 5.10 Å². The number of benzene rings is 3. The van der Waals surface area contributed by atoms with E-state index in [1.165, 1.54) is 6.21 Å². The van der Waals surface area contributed by atoms with Gasteiger partial charge in [-0.1, -0.05) is 23.7 Å². The number of nitro benzene ring substituents is 1. The number of aromatic hydroxyl groups is 1. The smallest absolute Gasteiger partial charge is 0.275 e. The lowest BCUT2D eigenvalue weighted by atomic mass is 10.1. The van der Waals surface area contributed by atoms with Gasteiger partial charge in [0.25, 0.3) is 11.6 Å². The van der Waals surface area contributed by atoms with Crippen molar-refractivity contribution < 1.29 is 19.6 Å². The minimum Gasteiger partial charge on any atom is -0.507 e. The molecule has 3 aromatic carbocycles. The van der Waals surface area contributed by atoms with E-state index in [4.69, 9.17) is 16.3 Å². The number of ether oxygens (including phenoxy) is 1. The number of phenols is 1. The van der Waals surface area contributed by atoms with Crippen LogP contribution in [0.15, 0.2) is 68.6 Å². The molecule has 3 aromatic rings. The molecule has 0 saturated heterocycles. The zero-order valence-corrected chi connectivity index (χ0v) is 20.0. The van der Waals surface area contributed by atoms with Crippen molar-refractivity contribution in [1.82, 2.24) is 5.43 Å². The molecule has 0 bridgehead atoms. The Morgan fingerprint density at radius 3 is 2.44 bits per heavy atom. The van der Waals surface area contributed by atoms with Crippen molar-refractivity contribution in [1.29, 1.82) is 0 Å².